The number of aryl methyl sites for hydroxylation is 1. The Morgan fingerprint density at radius 1 is 0.909 bits per heavy atom. The van der Waals surface area contributed by atoms with Crippen molar-refractivity contribution in [1.29, 1.82) is 0 Å². The summed E-state index contributed by atoms with van der Waals surface area (Å²) in [6.07, 6.45) is 2.89. The fourth-order valence-corrected chi connectivity index (χ4v) is 4.27. The molecule has 0 aliphatic heterocycles. The zero-order valence-corrected chi connectivity index (χ0v) is 20.2. The lowest BCUT2D eigenvalue weighted by Gasteiger charge is -2.26. The van der Waals surface area contributed by atoms with Gasteiger partial charge in [0.15, 0.2) is 15.6 Å². The maximum absolute atomic E-state index is 12.8. The molecular weight excluding hydrogens is 434 g/mol. The summed E-state index contributed by atoms with van der Waals surface area (Å²) in [5.74, 6) is 0.0800. The molecule has 0 radical (unpaired) electrons. The second-order valence-electron chi connectivity index (χ2n) is 8.85. The fraction of sp³-hybridized carbons (Fsp3) is 0.296. The van der Waals surface area contributed by atoms with Crippen LogP contribution in [0.3, 0.4) is 0 Å². The lowest BCUT2D eigenvalue weighted by Crippen LogP contribution is -2.42. The fourth-order valence-electron chi connectivity index (χ4n) is 3.44. The number of nitrogens with one attached hydrogen (secondary N) is 1. The molecule has 3 aromatic carbocycles. The summed E-state index contributed by atoms with van der Waals surface area (Å²) in [5.41, 5.74) is 2.28. The van der Waals surface area contributed by atoms with Gasteiger partial charge in [-0.2, -0.15) is 0 Å². The number of Topliss-reactive ketones (excluding diaryl/α,β-unsaturated/α-hetero) is 1. The predicted molar refractivity (Wildman–Crippen MR) is 132 cm³/mol. The molecule has 0 heterocycles. The molecule has 0 unspecified atom stereocenters. The van der Waals surface area contributed by atoms with Crippen molar-refractivity contribution in [2.24, 2.45) is 0 Å². The Kier molecular flexibility index (Phi) is 8.06. The van der Waals surface area contributed by atoms with Crippen LogP contribution in [0.15, 0.2) is 83.8 Å². The first-order chi connectivity index (χ1) is 15.6. The molecule has 5 nitrogen and oxygen atoms in total. The average molecular weight is 466 g/mol. The average Bonchev–Trinajstić information content (AvgIpc) is 2.81. The van der Waals surface area contributed by atoms with E-state index < -0.39 is 9.84 Å². The molecule has 0 aliphatic carbocycles. The molecule has 0 bridgehead atoms. The summed E-state index contributed by atoms with van der Waals surface area (Å²) in [7, 11) is -3.57. The van der Waals surface area contributed by atoms with E-state index in [2.05, 4.69) is 31.3 Å². The molecule has 0 aromatic heterocycles. The van der Waals surface area contributed by atoms with Crippen LogP contribution in [0.4, 0.5) is 0 Å². The second-order valence-corrected chi connectivity index (χ2v) is 10.8. The molecule has 174 valence electrons. The van der Waals surface area contributed by atoms with E-state index in [0.29, 0.717) is 5.56 Å². The number of hydrogen-bond acceptors (Lipinski definition) is 5. The van der Waals surface area contributed by atoms with E-state index in [0.717, 1.165) is 24.7 Å². The molecule has 0 saturated carbocycles. The van der Waals surface area contributed by atoms with E-state index >= 15 is 0 Å². The highest BCUT2D eigenvalue weighted by Crippen LogP contribution is 2.26. The smallest absolute Gasteiger partial charge is 0.179 e. The van der Waals surface area contributed by atoms with Gasteiger partial charge in [-0.3, -0.25) is 4.79 Å². The van der Waals surface area contributed by atoms with Crippen LogP contribution in [0.5, 0.6) is 5.75 Å². The summed E-state index contributed by atoms with van der Waals surface area (Å²) in [6.45, 7) is 4.49. The Morgan fingerprint density at radius 2 is 1.52 bits per heavy atom. The summed E-state index contributed by atoms with van der Waals surface area (Å²) < 4.78 is 30.5. The van der Waals surface area contributed by atoms with Gasteiger partial charge < -0.3 is 10.1 Å². The van der Waals surface area contributed by atoms with Crippen molar-refractivity contribution < 1.29 is 17.9 Å². The Balaban J connectivity index is 1.65. The van der Waals surface area contributed by atoms with E-state index in [1.807, 2.05) is 48.5 Å². The third kappa shape index (κ3) is 7.55. The lowest BCUT2D eigenvalue weighted by molar-refractivity contribution is 0.0979. The Hall–Kier alpha value is -2.96. The summed E-state index contributed by atoms with van der Waals surface area (Å²) in [6, 6.07) is 24.3. The van der Waals surface area contributed by atoms with Crippen molar-refractivity contribution in [2.45, 2.75) is 43.7 Å². The van der Waals surface area contributed by atoms with Gasteiger partial charge in [0.1, 0.15) is 17.3 Å². The van der Waals surface area contributed by atoms with Gasteiger partial charge in [-0.25, -0.2) is 8.42 Å². The molecule has 0 atom stereocenters. The maximum Gasteiger partial charge on any atom is 0.179 e. The first kappa shape index (κ1) is 24.7. The second kappa shape index (κ2) is 10.8. The highest BCUT2D eigenvalue weighted by atomic mass is 32.2. The zero-order chi connectivity index (χ0) is 23.9. The monoisotopic (exact) mass is 465 g/mol. The molecule has 33 heavy (non-hydrogen) atoms. The Bertz CT molecular complexity index is 1170. The van der Waals surface area contributed by atoms with Crippen LogP contribution in [-0.2, 0) is 22.9 Å². The van der Waals surface area contributed by atoms with Crippen molar-refractivity contribution in [3.05, 3.63) is 95.6 Å². The summed E-state index contributed by atoms with van der Waals surface area (Å²) in [4.78, 5) is 12.9. The van der Waals surface area contributed by atoms with Crippen LogP contribution in [0, 0.1) is 0 Å². The highest BCUT2D eigenvalue weighted by Gasteiger charge is 2.21. The van der Waals surface area contributed by atoms with Crippen LogP contribution in [-0.4, -0.2) is 32.5 Å². The molecule has 0 amide bonds. The normalized spacial score (nSPS) is 11.8. The molecule has 6 heteroatoms. The minimum absolute atomic E-state index is 0.0209. The lowest BCUT2D eigenvalue weighted by atomic mass is 9.95. The number of sulfone groups is 1. The third-order valence-electron chi connectivity index (χ3n) is 5.51. The van der Waals surface area contributed by atoms with Gasteiger partial charge in [-0.15, -0.1) is 0 Å². The first-order valence-corrected chi connectivity index (χ1v) is 12.9. The molecule has 3 rings (SSSR count). The minimum atomic E-state index is -3.57. The van der Waals surface area contributed by atoms with Gasteiger partial charge >= 0.3 is 0 Å². The van der Waals surface area contributed by atoms with E-state index in [9.17, 15) is 13.2 Å². The number of carbonyl (C=O) groups is 1. The molecule has 3 aromatic rings. The van der Waals surface area contributed by atoms with Crippen molar-refractivity contribution >= 4 is 15.6 Å². The van der Waals surface area contributed by atoms with Crippen molar-refractivity contribution in [1.82, 2.24) is 5.32 Å². The molecular formula is C27H31NO4S. The third-order valence-corrected chi connectivity index (χ3v) is 6.63. The van der Waals surface area contributed by atoms with Gasteiger partial charge in [-0.1, -0.05) is 60.7 Å². The number of carbonyl (C=O) groups excluding carboxylic acids is 1. The molecule has 0 saturated heterocycles. The number of rotatable bonds is 11. The van der Waals surface area contributed by atoms with E-state index in [-0.39, 0.29) is 35.1 Å². The number of benzene rings is 3. The predicted octanol–water partition coefficient (Wildman–Crippen LogP) is 4.85. The Labute approximate surface area is 196 Å². The van der Waals surface area contributed by atoms with E-state index in [1.165, 1.54) is 11.6 Å². The topological polar surface area (TPSA) is 72.5 Å². The van der Waals surface area contributed by atoms with Gasteiger partial charge in [0, 0.05) is 17.4 Å². The summed E-state index contributed by atoms with van der Waals surface area (Å²) in [5, 5.41) is 3.32. The van der Waals surface area contributed by atoms with Crippen molar-refractivity contribution in [3.63, 3.8) is 0 Å². The van der Waals surface area contributed by atoms with Gasteiger partial charge in [-0.05, 0) is 56.0 Å². The van der Waals surface area contributed by atoms with E-state index in [1.54, 1.807) is 12.1 Å². The number of ether oxygens (including phenoxy) is 1. The number of hydrogen-bond donors (Lipinski definition) is 1. The SMILES string of the molecule is CC(C)(CCc1ccccc1)NCC(=O)c1ccc(OCc2ccccc2)c(S(C)(=O)=O)c1. The van der Waals surface area contributed by atoms with Crippen molar-refractivity contribution in [3.8, 4) is 5.75 Å². The van der Waals surface area contributed by atoms with Crippen LogP contribution >= 0.6 is 0 Å². The summed E-state index contributed by atoms with van der Waals surface area (Å²) >= 11 is 0. The first-order valence-electron chi connectivity index (χ1n) is 11.0. The van der Waals surface area contributed by atoms with Crippen molar-refractivity contribution in [2.75, 3.05) is 12.8 Å². The van der Waals surface area contributed by atoms with Crippen LogP contribution < -0.4 is 10.1 Å². The van der Waals surface area contributed by atoms with Gasteiger partial charge in [0.2, 0.25) is 0 Å². The number of ketones is 1. The molecule has 0 spiro atoms. The van der Waals surface area contributed by atoms with Gasteiger partial charge in [0.05, 0.1) is 6.54 Å². The van der Waals surface area contributed by atoms with Gasteiger partial charge in [0.25, 0.3) is 0 Å². The van der Waals surface area contributed by atoms with Crippen LogP contribution in [0.25, 0.3) is 0 Å². The van der Waals surface area contributed by atoms with E-state index in [4.69, 9.17) is 4.74 Å². The Morgan fingerprint density at radius 3 is 2.12 bits per heavy atom. The van der Waals surface area contributed by atoms with Crippen LogP contribution in [0.1, 0.15) is 41.8 Å². The highest BCUT2D eigenvalue weighted by molar-refractivity contribution is 7.90. The molecule has 0 fully saturated rings. The molecule has 1 N–H and O–H groups in total. The minimum Gasteiger partial charge on any atom is -0.488 e. The molecule has 0 aliphatic rings. The largest absolute Gasteiger partial charge is 0.488 e. The maximum atomic E-state index is 12.8. The zero-order valence-electron chi connectivity index (χ0n) is 19.4. The van der Waals surface area contributed by atoms with Crippen LogP contribution in [0.2, 0.25) is 0 Å². The quantitative estimate of drug-likeness (QED) is 0.410. The standard InChI is InChI=1S/C27H31NO4S/c1-27(2,17-16-21-10-6-4-7-11-21)28-19-24(29)23-14-15-25(26(18-23)33(3,30)31)32-20-22-12-8-5-9-13-22/h4-15,18,28H,16-17,19-20H2,1-3H3.